The van der Waals surface area contributed by atoms with Crippen molar-refractivity contribution in [2.75, 3.05) is 0 Å². The number of carbonyl (C=O) groups excluding carboxylic acids is 3. The molecular weight excluding hydrogens is 420 g/mol. The summed E-state index contributed by atoms with van der Waals surface area (Å²) >= 11 is 0.479. The molecule has 2 aromatic rings. The number of thioether (sulfide) groups is 1. The van der Waals surface area contributed by atoms with Crippen LogP contribution in [0.25, 0.3) is 0 Å². The summed E-state index contributed by atoms with van der Waals surface area (Å²) in [4.78, 5) is 37.6. The van der Waals surface area contributed by atoms with Crippen molar-refractivity contribution in [2.24, 2.45) is 0 Å². The molecule has 31 heavy (non-hydrogen) atoms. The van der Waals surface area contributed by atoms with Gasteiger partial charge in [0.15, 0.2) is 11.6 Å². The number of Topliss-reactive ketones (excluding diaryl/α,β-unsaturated/α-hetero) is 2. The minimum atomic E-state index is -2.36. The molecule has 0 spiro atoms. The van der Waals surface area contributed by atoms with Gasteiger partial charge in [0.2, 0.25) is 0 Å². The van der Waals surface area contributed by atoms with Gasteiger partial charge in [-0.2, -0.15) is 0 Å². The average molecular weight is 445 g/mol. The fourth-order valence-electron chi connectivity index (χ4n) is 3.58. The fraction of sp³-hybridized carbons (Fsp3) is 0.348. The van der Waals surface area contributed by atoms with Crippen LogP contribution in [0.3, 0.4) is 0 Å². The van der Waals surface area contributed by atoms with Crippen molar-refractivity contribution in [1.82, 2.24) is 0 Å². The van der Waals surface area contributed by atoms with E-state index in [4.69, 9.17) is 4.74 Å². The van der Waals surface area contributed by atoms with Crippen LogP contribution in [0.2, 0.25) is 0 Å². The molecule has 1 saturated heterocycles. The second-order valence-corrected chi connectivity index (χ2v) is 9.20. The largest absolute Gasteiger partial charge is 0.423 e. The summed E-state index contributed by atoms with van der Waals surface area (Å²) in [6.07, 6.45) is -2.53. The third-order valence-electron chi connectivity index (χ3n) is 5.18. The van der Waals surface area contributed by atoms with Crippen LogP contribution in [0.4, 0.5) is 0 Å². The summed E-state index contributed by atoms with van der Waals surface area (Å²) in [7, 11) is 0. The maximum Gasteiger partial charge on any atom is 0.305 e. The van der Waals surface area contributed by atoms with Crippen molar-refractivity contribution in [3.63, 3.8) is 0 Å². The van der Waals surface area contributed by atoms with Gasteiger partial charge >= 0.3 is 5.97 Å². The van der Waals surface area contributed by atoms with E-state index >= 15 is 0 Å². The first-order valence-electron chi connectivity index (χ1n) is 9.68. The molecule has 3 N–H and O–H groups in total. The fourth-order valence-corrected chi connectivity index (χ4v) is 5.08. The van der Waals surface area contributed by atoms with E-state index in [1.807, 2.05) is 13.8 Å². The standard InChI is InChI=1S/C23H24O7S/c1-13-4-8-16(9-5-13)18(25)19(26)21-22(28,12-23(29,31-21)30-15(3)24)20(27)17-10-6-14(2)7-11-17/h4-11,19,21,26,28-29H,12H2,1-3H3/t19?,21-,22-,23?/m1/s1. The minimum absolute atomic E-state index is 0.140. The summed E-state index contributed by atoms with van der Waals surface area (Å²) < 4.78 is 4.93. The van der Waals surface area contributed by atoms with E-state index in [1.165, 1.54) is 24.3 Å². The van der Waals surface area contributed by atoms with Crippen LogP contribution in [-0.2, 0) is 9.53 Å². The number of carbonyl (C=O) groups is 3. The summed E-state index contributed by atoms with van der Waals surface area (Å²) in [6.45, 7) is 4.75. The van der Waals surface area contributed by atoms with Crippen LogP contribution < -0.4 is 0 Å². The number of esters is 1. The number of rotatable bonds is 6. The summed E-state index contributed by atoms with van der Waals surface area (Å²) in [6, 6.07) is 12.8. The van der Waals surface area contributed by atoms with Crippen molar-refractivity contribution in [3.05, 3.63) is 70.8 Å². The molecule has 4 atom stereocenters. The lowest BCUT2D eigenvalue weighted by Gasteiger charge is -2.29. The molecule has 3 rings (SSSR count). The monoisotopic (exact) mass is 444 g/mol. The van der Waals surface area contributed by atoms with Crippen molar-refractivity contribution in [3.8, 4) is 0 Å². The molecule has 164 valence electrons. The lowest BCUT2D eigenvalue weighted by Crippen LogP contribution is -2.52. The van der Waals surface area contributed by atoms with Crippen LogP contribution in [0, 0.1) is 13.8 Å². The van der Waals surface area contributed by atoms with E-state index in [1.54, 1.807) is 24.3 Å². The first-order valence-corrected chi connectivity index (χ1v) is 10.6. The second-order valence-electron chi connectivity index (χ2n) is 7.82. The zero-order chi connectivity index (χ0) is 23.0. The second kappa shape index (κ2) is 8.55. The molecule has 0 aliphatic carbocycles. The lowest BCUT2D eigenvalue weighted by atomic mass is 9.82. The van der Waals surface area contributed by atoms with Crippen molar-refractivity contribution in [2.45, 2.75) is 49.3 Å². The van der Waals surface area contributed by atoms with E-state index in [0.717, 1.165) is 18.1 Å². The topological polar surface area (TPSA) is 121 Å². The summed E-state index contributed by atoms with van der Waals surface area (Å²) in [5.74, 6) is -2.34. The minimum Gasteiger partial charge on any atom is -0.423 e. The molecule has 0 aromatic heterocycles. The van der Waals surface area contributed by atoms with Crippen molar-refractivity contribution >= 4 is 29.3 Å². The van der Waals surface area contributed by atoms with Crippen molar-refractivity contribution in [1.29, 1.82) is 0 Å². The molecule has 7 nitrogen and oxygen atoms in total. The number of aryl methyl sites for hydroxylation is 2. The van der Waals surface area contributed by atoms with E-state index in [9.17, 15) is 29.7 Å². The van der Waals surface area contributed by atoms with Gasteiger partial charge in [-0.25, -0.2) is 0 Å². The third kappa shape index (κ3) is 4.72. The number of aliphatic hydroxyl groups is 3. The smallest absolute Gasteiger partial charge is 0.305 e. The Morgan fingerprint density at radius 1 is 0.968 bits per heavy atom. The molecule has 8 heteroatoms. The Morgan fingerprint density at radius 2 is 1.45 bits per heavy atom. The van der Waals surface area contributed by atoms with E-state index < -0.39 is 46.0 Å². The summed E-state index contributed by atoms with van der Waals surface area (Å²) in [5, 5.41) is 29.2. The zero-order valence-electron chi connectivity index (χ0n) is 17.4. The number of ketones is 2. The molecule has 2 aromatic carbocycles. The van der Waals surface area contributed by atoms with Gasteiger partial charge in [-0.3, -0.25) is 14.4 Å². The first-order chi connectivity index (χ1) is 14.4. The van der Waals surface area contributed by atoms with E-state index in [-0.39, 0.29) is 11.1 Å². The summed E-state index contributed by atoms with van der Waals surface area (Å²) in [5.41, 5.74) is -0.222. The lowest BCUT2D eigenvalue weighted by molar-refractivity contribution is -0.179. The van der Waals surface area contributed by atoms with Gasteiger partial charge in [-0.1, -0.05) is 71.4 Å². The van der Waals surface area contributed by atoms with Gasteiger partial charge in [0.1, 0.15) is 11.7 Å². The Hall–Kier alpha value is -2.52. The van der Waals surface area contributed by atoms with Crippen LogP contribution in [0.1, 0.15) is 45.2 Å². The van der Waals surface area contributed by atoms with Crippen LogP contribution >= 0.6 is 11.8 Å². The Morgan fingerprint density at radius 3 is 1.94 bits per heavy atom. The molecule has 1 heterocycles. The molecule has 0 radical (unpaired) electrons. The maximum absolute atomic E-state index is 13.2. The molecule has 2 unspecified atom stereocenters. The predicted molar refractivity (Wildman–Crippen MR) is 115 cm³/mol. The zero-order valence-corrected chi connectivity index (χ0v) is 18.2. The van der Waals surface area contributed by atoms with Gasteiger partial charge in [0.05, 0.1) is 11.7 Å². The molecule has 1 aliphatic rings. The highest BCUT2D eigenvalue weighted by Gasteiger charge is 2.63. The molecule has 0 saturated carbocycles. The molecule has 0 amide bonds. The Kier molecular flexibility index (Phi) is 6.38. The number of hydrogen-bond donors (Lipinski definition) is 3. The predicted octanol–water partition coefficient (Wildman–Crippen LogP) is 2.18. The molecule has 1 aliphatic heterocycles. The maximum atomic E-state index is 13.2. The highest BCUT2D eigenvalue weighted by atomic mass is 32.2. The normalized spacial score (nSPS) is 26.3. The quantitative estimate of drug-likeness (QED) is 0.352. The van der Waals surface area contributed by atoms with Crippen molar-refractivity contribution < 1.29 is 34.4 Å². The van der Waals surface area contributed by atoms with Crippen LogP contribution in [0.15, 0.2) is 48.5 Å². The van der Waals surface area contributed by atoms with Crippen LogP contribution in [-0.4, -0.2) is 54.9 Å². The van der Waals surface area contributed by atoms with Gasteiger partial charge in [-0.15, -0.1) is 0 Å². The Bertz CT molecular complexity index is 1000. The number of aliphatic hydroxyl groups excluding tert-OH is 1. The highest BCUT2D eigenvalue weighted by Crippen LogP contribution is 2.51. The SMILES string of the molecule is CC(=O)OC1(O)C[C@@](O)(C(=O)c2ccc(C)cc2)[C@@H](C(O)C(=O)c2ccc(C)cc2)S1. The van der Waals surface area contributed by atoms with E-state index in [2.05, 4.69) is 0 Å². The highest BCUT2D eigenvalue weighted by molar-refractivity contribution is 8.01. The van der Waals surface area contributed by atoms with Gasteiger partial charge in [0, 0.05) is 18.1 Å². The van der Waals surface area contributed by atoms with Gasteiger partial charge in [0.25, 0.3) is 5.12 Å². The van der Waals surface area contributed by atoms with Crippen LogP contribution in [0.5, 0.6) is 0 Å². The Labute approximate surface area is 184 Å². The average Bonchev–Trinajstić information content (AvgIpc) is 2.98. The van der Waals surface area contributed by atoms with Gasteiger partial charge in [-0.05, 0) is 13.8 Å². The third-order valence-corrected chi connectivity index (χ3v) is 6.67. The number of hydrogen-bond acceptors (Lipinski definition) is 8. The molecule has 0 bridgehead atoms. The molecular formula is C23H24O7S. The first kappa shape index (κ1) is 23.1. The Balaban J connectivity index is 1.99. The number of ether oxygens (including phenoxy) is 1. The van der Waals surface area contributed by atoms with Gasteiger partial charge < -0.3 is 20.1 Å². The molecule has 1 fully saturated rings. The number of benzene rings is 2. The van der Waals surface area contributed by atoms with E-state index in [0.29, 0.717) is 11.8 Å².